The number of aromatic amines is 1. The molecule has 0 saturated carbocycles. The van der Waals surface area contributed by atoms with Crippen LogP contribution in [0, 0.1) is 0 Å². The Morgan fingerprint density at radius 1 is 1.20 bits per heavy atom. The number of nitrogens with zero attached hydrogens (tertiary/aromatic N) is 2. The summed E-state index contributed by atoms with van der Waals surface area (Å²) in [4.78, 5) is 4.44. The van der Waals surface area contributed by atoms with Crippen LogP contribution in [0.5, 0.6) is 5.75 Å². The Balaban J connectivity index is 1.57. The minimum absolute atomic E-state index is 0.399. The van der Waals surface area contributed by atoms with Gasteiger partial charge in [-0.25, -0.2) is 4.98 Å². The smallest absolute Gasteiger partial charge is 0.208 e. The molecular weight excluding hydrogens is 270 g/mol. The Bertz CT molecular complexity index is 499. The molecule has 0 aliphatic heterocycles. The molecule has 0 atom stereocenters. The van der Waals surface area contributed by atoms with Gasteiger partial charge in [-0.1, -0.05) is 43.8 Å². The van der Waals surface area contributed by atoms with Gasteiger partial charge in [0.2, 0.25) is 5.16 Å². The fourth-order valence-corrected chi connectivity index (χ4v) is 2.46. The molecule has 108 valence electrons. The van der Waals surface area contributed by atoms with Crippen molar-refractivity contribution in [3.8, 4) is 5.75 Å². The van der Waals surface area contributed by atoms with Crippen molar-refractivity contribution >= 4 is 11.8 Å². The first kappa shape index (κ1) is 14.9. The zero-order chi connectivity index (χ0) is 14.2. The molecule has 0 unspecified atom stereocenters. The van der Waals surface area contributed by atoms with Gasteiger partial charge in [-0.2, -0.15) is 0 Å². The van der Waals surface area contributed by atoms with E-state index in [-0.39, 0.29) is 0 Å². The lowest BCUT2D eigenvalue weighted by molar-refractivity contribution is 0.310. The number of thioether (sulfide) groups is 1. The van der Waals surface area contributed by atoms with Gasteiger partial charge >= 0.3 is 0 Å². The standard InChI is InChI=1S/C15H21N3OS/c1-12(2)14-16-15(18-17-14)20-11-7-6-10-19-13-8-4-3-5-9-13/h3-5,8-9,12H,6-7,10-11H2,1-2H3,(H,16,17,18). The number of nitrogens with one attached hydrogen (secondary N) is 1. The molecular formula is C15H21N3OS. The highest BCUT2D eigenvalue weighted by molar-refractivity contribution is 7.99. The first-order valence-corrected chi connectivity index (χ1v) is 7.97. The molecule has 1 heterocycles. The van der Waals surface area contributed by atoms with E-state index in [0.29, 0.717) is 5.92 Å². The predicted octanol–water partition coefficient (Wildman–Crippen LogP) is 3.88. The average molecular weight is 291 g/mol. The number of para-hydroxylation sites is 1. The summed E-state index contributed by atoms with van der Waals surface area (Å²) in [5.74, 6) is 3.32. The summed E-state index contributed by atoms with van der Waals surface area (Å²) in [6.45, 7) is 4.97. The number of aromatic nitrogens is 3. The fourth-order valence-electron chi connectivity index (χ4n) is 1.66. The summed E-state index contributed by atoms with van der Waals surface area (Å²) in [5, 5.41) is 8.02. The Morgan fingerprint density at radius 3 is 2.70 bits per heavy atom. The predicted molar refractivity (Wildman–Crippen MR) is 82.4 cm³/mol. The van der Waals surface area contributed by atoms with Crippen LogP contribution in [0.1, 0.15) is 38.4 Å². The second-order valence-corrected chi connectivity index (χ2v) is 5.94. The molecule has 0 bridgehead atoms. The number of hydrogen-bond acceptors (Lipinski definition) is 4. The first-order valence-electron chi connectivity index (χ1n) is 6.98. The molecule has 5 heteroatoms. The highest BCUT2D eigenvalue weighted by atomic mass is 32.2. The van der Waals surface area contributed by atoms with Crippen molar-refractivity contribution in [3.05, 3.63) is 36.2 Å². The van der Waals surface area contributed by atoms with Crippen LogP contribution >= 0.6 is 11.8 Å². The molecule has 0 aliphatic rings. The molecule has 1 aromatic heterocycles. The minimum Gasteiger partial charge on any atom is -0.494 e. The molecule has 4 nitrogen and oxygen atoms in total. The van der Waals surface area contributed by atoms with E-state index in [2.05, 4.69) is 29.0 Å². The molecule has 0 amide bonds. The molecule has 0 fully saturated rings. The van der Waals surface area contributed by atoms with Crippen molar-refractivity contribution in [1.29, 1.82) is 0 Å². The van der Waals surface area contributed by atoms with Crippen molar-refractivity contribution in [2.24, 2.45) is 0 Å². The van der Waals surface area contributed by atoms with E-state index < -0.39 is 0 Å². The molecule has 1 N–H and O–H groups in total. The monoisotopic (exact) mass is 291 g/mol. The van der Waals surface area contributed by atoms with Crippen LogP contribution in [0.4, 0.5) is 0 Å². The number of ether oxygens (including phenoxy) is 1. The second-order valence-electron chi connectivity index (χ2n) is 4.88. The fraction of sp³-hybridized carbons (Fsp3) is 0.467. The van der Waals surface area contributed by atoms with Gasteiger partial charge in [0.1, 0.15) is 11.6 Å². The van der Waals surface area contributed by atoms with E-state index in [1.54, 1.807) is 11.8 Å². The maximum absolute atomic E-state index is 5.65. The Morgan fingerprint density at radius 2 is 2.00 bits per heavy atom. The Labute approximate surface area is 124 Å². The minimum atomic E-state index is 0.399. The summed E-state index contributed by atoms with van der Waals surface area (Å²) >= 11 is 1.70. The molecule has 1 aromatic carbocycles. The summed E-state index contributed by atoms with van der Waals surface area (Å²) in [6.07, 6.45) is 2.15. The number of hydrogen-bond donors (Lipinski definition) is 1. The lowest BCUT2D eigenvalue weighted by Crippen LogP contribution is -1.97. The lowest BCUT2D eigenvalue weighted by atomic mass is 10.2. The van der Waals surface area contributed by atoms with E-state index in [9.17, 15) is 0 Å². The van der Waals surface area contributed by atoms with E-state index in [1.807, 2.05) is 30.3 Å². The van der Waals surface area contributed by atoms with Crippen LogP contribution in [-0.2, 0) is 0 Å². The van der Waals surface area contributed by atoms with Crippen LogP contribution in [0.15, 0.2) is 35.5 Å². The topological polar surface area (TPSA) is 50.8 Å². The van der Waals surface area contributed by atoms with Crippen LogP contribution in [0.3, 0.4) is 0 Å². The van der Waals surface area contributed by atoms with Gasteiger partial charge in [-0.3, -0.25) is 5.10 Å². The summed E-state index contributed by atoms with van der Waals surface area (Å²) in [7, 11) is 0. The van der Waals surface area contributed by atoms with Gasteiger partial charge in [0, 0.05) is 11.7 Å². The molecule has 2 rings (SSSR count). The van der Waals surface area contributed by atoms with Gasteiger partial charge < -0.3 is 4.74 Å². The van der Waals surface area contributed by atoms with Gasteiger partial charge in [-0.05, 0) is 25.0 Å². The van der Waals surface area contributed by atoms with Gasteiger partial charge in [0.15, 0.2) is 0 Å². The highest BCUT2D eigenvalue weighted by Crippen LogP contribution is 2.17. The summed E-state index contributed by atoms with van der Waals surface area (Å²) in [6, 6.07) is 9.93. The maximum Gasteiger partial charge on any atom is 0.208 e. The summed E-state index contributed by atoms with van der Waals surface area (Å²) in [5.41, 5.74) is 0. The van der Waals surface area contributed by atoms with Crippen LogP contribution in [0.2, 0.25) is 0 Å². The van der Waals surface area contributed by atoms with Crippen molar-refractivity contribution < 1.29 is 4.74 Å². The molecule has 0 radical (unpaired) electrons. The van der Waals surface area contributed by atoms with E-state index in [4.69, 9.17) is 4.74 Å². The normalized spacial score (nSPS) is 10.9. The lowest BCUT2D eigenvalue weighted by Gasteiger charge is -2.04. The summed E-state index contributed by atoms with van der Waals surface area (Å²) < 4.78 is 5.65. The Hall–Kier alpha value is -1.49. The zero-order valence-electron chi connectivity index (χ0n) is 12.0. The first-order chi connectivity index (χ1) is 9.75. The van der Waals surface area contributed by atoms with E-state index in [0.717, 1.165) is 41.9 Å². The number of benzene rings is 1. The molecule has 2 aromatic rings. The molecule has 0 aliphatic carbocycles. The number of H-pyrrole nitrogens is 1. The molecule has 20 heavy (non-hydrogen) atoms. The quantitative estimate of drug-likeness (QED) is 0.592. The third kappa shape index (κ3) is 4.89. The molecule has 0 saturated heterocycles. The van der Waals surface area contributed by atoms with Crippen LogP contribution in [-0.4, -0.2) is 27.5 Å². The number of rotatable bonds is 8. The molecule has 0 spiro atoms. The van der Waals surface area contributed by atoms with Gasteiger partial charge in [0.25, 0.3) is 0 Å². The SMILES string of the molecule is CC(C)c1nc(SCCCCOc2ccccc2)n[nH]1. The number of unbranched alkanes of at least 4 members (excludes halogenated alkanes) is 1. The maximum atomic E-state index is 5.65. The van der Waals surface area contributed by atoms with E-state index in [1.165, 1.54) is 0 Å². The third-order valence-corrected chi connectivity index (χ3v) is 3.74. The van der Waals surface area contributed by atoms with Crippen molar-refractivity contribution in [2.45, 2.75) is 37.8 Å². The third-order valence-electron chi connectivity index (χ3n) is 2.81. The van der Waals surface area contributed by atoms with Gasteiger partial charge in [0.05, 0.1) is 6.61 Å². The van der Waals surface area contributed by atoms with Crippen molar-refractivity contribution in [1.82, 2.24) is 15.2 Å². The van der Waals surface area contributed by atoms with Crippen molar-refractivity contribution in [3.63, 3.8) is 0 Å². The average Bonchev–Trinajstić information content (AvgIpc) is 2.93. The van der Waals surface area contributed by atoms with E-state index >= 15 is 0 Å². The second kappa shape index (κ2) is 7.94. The Kier molecular flexibility index (Phi) is 5.92. The largest absolute Gasteiger partial charge is 0.494 e. The zero-order valence-corrected chi connectivity index (χ0v) is 12.8. The van der Waals surface area contributed by atoms with Crippen LogP contribution < -0.4 is 4.74 Å². The van der Waals surface area contributed by atoms with Crippen LogP contribution in [0.25, 0.3) is 0 Å². The van der Waals surface area contributed by atoms with Gasteiger partial charge in [-0.15, -0.1) is 5.10 Å². The van der Waals surface area contributed by atoms with Crippen molar-refractivity contribution in [2.75, 3.05) is 12.4 Å². The highest BCUT2D eigenvalue weighted by Gasteiger charge is 2.06.